The Morgan fingerprint density at radius 2 is 1.83 bits per heavy atom. The minimum atomic E-state index is -0.837. The van der Waals surface area contributed by atoms with Crippen LogP contribution in [0.15, 0.2) is 60.7 Å². The number of benzene rings is 2. The quantitative estimate of drug-likeness (QED) is 0.184. The topological polar surface area (TPSA) is 154 Å². The van der Waals surface area contributed by atoms with Gasteiger partial charge in [0.25, 0.3) is 11.8 Å². The lowest BCUT2D eigenvalue weighted by molar-refractivity contribution is 0.0407. The van der Waals surface area contributed by atoms with Gasteiger partial charge in [-0.25, -0.2) is 14.9 Å². The van der Waals surface area contributed by atoms with Crippen molar-refractivity contribution in [1.82, 2.24) is 40.4 Å². The lowest BCUT2D eigenvalue weighted by Gasteiger charge is -2.21. The number of H-pyrrole nitrogens is 1. The van der Waals surface area contributed by atoms with E-state index in [0.29, 0.717) is 30.1 Å². The van der Waals surface area contributed by atoms with Gasteiger partial charge in [-0.05, 0) is 59.7 Å². The van der Waals surface area contributed by atoms with Crippen LogP contribution in [0.25, 0.3) is 33.5 Å². The Balaban J connectivity index is 1.32. The van der Waals surface area contributed by atoms with E-state index in [4.69, 9.17) is 9.47 Å². The number of nitrogens with one attached hydrogen (secondary N) is 1. The van der Waals surface area contributed by atoms with Crippen LogP contribution in [0.5, 0.6) is 11.8 Å². The molecule has 42 heavy (non-hydrogen) atoms. The Morgan fingerprint density at radius 3 is 2.57 bits per heavy atom. The Bertz CT molecular complexity index is 1710. The normalized spacial score (nSPS) is 14.0. The molecule has 0 aliphatic heterocycles. The third-order valence-corrected chi connectivity index (χ3v) is 7.36. The van der Waals surface area contributed by atoms with E-state index in [1.165, 1.54) is 0 Å². The van der Waals surface area contributed by atoms with E-state index in [0.717, 1.165) is 54.4 Å². The summed E-state index contributed by atoms with van der Waals surface area (Å²) in [6, 6.07) is 16.0. The van der Waals surface area contributed by atoms with Crippen LogP contribution < -0.4 is 4.74 Å². The maximum absolute atomic E-state index is 12.7. The predicted molar refractivity (Wildman–Crippen MR) is 154 cm³/mol. The summed E-state index contributed by atoms with van der Waals surface area (Å²) < 4.78 is 13.0. The average molecular weight is 567 g/mol. The second-order valence-electron chi connectivity index (χ2n) is 10.1. The molecule has 0 radical (unpaired) electrons. The van der Waals surface area contributed by atoms with E-state index < -0.39 is 6.16 Å². The van der Waals surface area contributed by atoms with Crippen LogP contribution in [0.3, 0.4) is 0 Å². The highest BCUT2D eigenvalue weighted by molar-refractivity contribution is 5.86. The van der Waals surface area contributed by atoms with Crippen LogP contribution in [-0.4, -0.2) is 57.7 Å². The molecule has 0 saturated heterocycles. The zero-order valence-corrected chi connectivity index (χ0v) is 23.1. The third kappa shape index (κ3) is 5.69. The molecule has 1 saturated carbocycles. The molecule has 0 spiro atoms. The van der Waals surface area contributed by atoms with Crippen molar-refractivity contribution in [3.63, 3.8) is 0 Å². The number of carbonyl (C=O) groups excluding carboxylic acids is 1. The number of hydrogen-bond acceptors (Lipinski definition) is 10. The van der Waals surface area contributed by atoms with Crippen LogP contribution in [0.1, 0.15) is 50.4 Å². The van der Waals surface area contributed by atoms with Crippen LogP contribution in [0.2, 0.25) is 0 Å². The zero-order chi connectivity index (χ0) is 28.9. The van der Waals surface area contributed by atoms with Gasteiger partial charge in [0.05, 0.1) is 0 Å². The fraction of sp³-hybridized carbons (Fsp3) is 0.300. The number of imidazole rings is 1. The van der Waals surface area contributed by atoms with Gasteiger partial charge in [0, 0.05) is 18.5 Å². The molecule has 0 atom stereocenters. The van der Waals surface area contributed by atoms with Crippen molar-refractivity contribution < 1.29 is 19.4 Å². The summed E-state index contributed by atoms with van der Waals surface area (Å²) >= 11 is 0. The summed E-state index contributed by atoms with van der Waals surface area (Å²) in [6.45, 7) is 2.31. The number of aromatic amines is 1. The van der Waals surface area contributed by atoms with Gasteiger partial charge in [-0.2, -0.15) is 0 Å². The smallest absolute Gasteiger partial charge is 0.491 e. The maximum Gasteiger partial charge on any atom is 0.515 e. The molecule has 3 heterocycles. The molecule has 3 aromatic heterocycles. The summed E-state index contributed by atoms with van der Waals surface area (Å²) in [5, 5.41) is 32.6. The van der Waals surface area contributed by atoms with Crippen molar-refractivity contribution in [2.45, 2.75) is 58.1 Å². The predicted octanol–water partition coefficient (Wildman–Crippen LogP) is 5.39. The van der Waals surface area contributed by atoms with Crippen molar-refractivity contribution in [3.8, 4) is 34.3 Å². The Hall–Kier alpha value is -5.13. The van der Waals surface area contributed by atoms with Gasteiger partial charge in [0.15, 0.2) is 11.3 Å². The lowest BCUT2D eigenvalue weighted by atomic mass is 9.98. The van der Waals surface area contributed by atoms with E-state index >= 15 is 0 Å². The lowest BCUT2D eigenvalue weighted by Crippen LogP contribution is -2.23. The first-order valence-electron chi connectivity index (χ1n) is 14.0. The van der Waals surface area contributed by atoms with Gasteiger partial charge >= 0.3 is 6.16 Å². The molecule has 1 aliphatic rings. The van der Waals surface area contributed by atoms with E-state index in [1.807, 2.05) is 72.2 Å². The van der Waals surface area contributed by atoms with Gasteiger partial charge in [0.2, 0.25) is 0 Å². The van der Waals surface area contributed by atoms with Gasteiger partial charge in [-0.1, -0.05) is 67.1 Å². The van der Waals surface area contributed by atoms with E-state index in [1.54, 1.807) is 0 Å². The highest BCUT2D eigenvalue weighted by Gasteiger charge is 2.25. The minimum absolute atomic E-state index is 0.0611. The van der Waals surface area contributed by atoms with Gasteiger partial charge in [0.1, 0.15) is 17.4 Å². The SMILES string of the molecule is CC=CCc1nc2c(O)nnc(OC(=O)OC3CCCCC3)c2n1Cc1ccc(-c2ccccc2-c2nnn[nH]2)cc1. The second kappa shape index (κ2) is 12.2. The number of carbonyl (C=O) groups is 1. The molecule has 5 aromatic rings. The summed E-state index contributed by atoms with van der Waals surface area (Å²) in [4.78, 5) is 17.4. The molecule has 1 fully saturated rings. The largest absolute Gasteiger partial charge is 0.515 e. The minimum Gasteiger partial charge on any atom is -0.491 e. The van der Waals surface area contributed by atoms with Crippen LogP contribution in [0, 0.1) is 0 Å². The Labute approximate surface area is 241 Å². The molecule has 0 amide bonds. The monoisotopic (exact) mass is 566 g/mol. The molecule has 12 heteroatoms. The number of hydrogen-bond donors (Lipinski definition) is 2. The van der Waals surface area contributed by atoms with E-state index in [9.17, 15) is 9.90 Å². The van der Waals surface area contributed by atoms with Crippen molar-refractivity contribution in [2.75, 3.05) is 0 Å². The maximum atomic E-state index is 12.7. The molecule has 1 aliphatic carbocycles. The van der Waals surface area contributed by atoms with E-state index in [2.05, 4.69) is 35.8 Å². The number of nitrogens with zero attached hydrogens (tertiary/aromatic N) is 7. The van der Waals surface area contributed by atoms with Crippen LogP contribution in [0.4, 0.5) is 4.79 Å². The summed E-state index contributed by atoms with van der Waals surface area (Å²) in [7, 11) is 0. The summed E-state index contributed by atoms with van der Waals surface area (Å²) in [5.41, 5.74) is 4.40. The molecular formula is C30H30N8O4. The number of allylic oxidation sites excluding steroid dienone is 2. The molecule has 2 N–H and O–H groups in total. The van der Waals surface area contributed by atoms with Crippen molar-refractivity contribution in [3.05, 3.63) is 72.1 Å². The highest BCUT2D eigenvalue weighted by Crippen LogP contribution is 2.33. The molecule has 0 bridgehead atoms. The fourth-order valence-electron chi connectivity index (χ4n) is 5.29. The van der Waals surface area contributed by atoms with Crippen molar-refractivity contribution in [1.29, 1.82) is 0 Å². The second-order valence-corrected chi connectivity index (χ2v) is 10.1. The Kier molecular flexibility index (Phi) is 7.84. The molecule has 0 unspecified atom stereocenters. The number of fused-ring (bicyclic) bond motifs is 1. The molecule has 214 valence electrons. The zero-order valence-electron chi connectivity index (χ0n) is 23.1. The van der Waals surface area contributed by atoms with Crippen molar-refractivity contribution >= 4 is 17.2 Å². The number of tetrazole rings is 1. The number of ether oxygens (including phenoxy) is 2. The van der Waals surface area contributed by atoms with Crippen LogP contribution >= 0.6 is 0 Å². The average Bonchev–Trinajstić information content (AvgIpc) is 3.68. The number of rotatable bonds is 8. The van der Waals surface area contributed by atoms with Gasteiger partial charge < -0.3 is 19.1 Å². The number of aromatic nitrogens is 8. The Morgan fingerprint density at radius 1 is 1.05 bits per heavy atom. The molecule has 12 nitrogen and oxygen atoms in total. The first kappa shape index (κ1) is 27.1. The molecule has 6 rings (SSSR count). The summed E-state index contributed by atoms with van der Waals surface area (Å²) in [5.74, 6) is 0.843. The first-order valence-corrected chi connectivity index (χ1v) is 14.0. The van der Waals surface area contributed by atoms with Gasteiger partial charge in [-0.15, -0.1) is 15.3 Å². The van der Waals surface area contributed by atoms with Crippen LogP contribution in [-0.2, 0) is 17.7 Å². The number of aromatic hydroxyl groups is 1. The standard InChI is InChI=1S/C30H30N8O4/c1-2-3-13-24-31-25-26(29(35-34-28(25)39)42-30(40)41-21-9-5-4-6-10-21)38(24)18-19-14-16-20(17-15-19)22-11-7-8-12-23(22)27-32-36-37-33-27/h2-3,7-8,11-12,14-17,21H,4-6,9-10,13,18H2,1H3,(H,34,39)(H,32,33,36,37). The first-order chi connectivity index (χ1) is 20.6. The van der Waals surface area contributed by atoms with E-state index in [-0.39, 0.29) is 23.4 Å². The summed E-state index contributed by atoms with van der Waals surface area (Å²) in [6.07, 6.45) is 8.17. The molecular weight excluding hydrogens is 536 g/mol. The molecule has 2 aromatic carbocycles. The van der Waals surface area contributed by atoms with Crippen molar-refractivity contribution in [2.24, 2.45) is 0 Å². The third-order valence-electron chi connectivity index (χ3n) is 7.36. The fourth-order valence-corrected chi connectivity index (χ4v) is 5.29. The highest BCUT2D eigenvalue weighted by atomic mass is 16.7. The van der Waals surface area contributed by atoms with Gasteiger partial charge in [-0.3, -0.25) is 0 Å².